The largest absolute Gasteiger partial charge is 0.433 e. The summed E-state index contributed by atoms with van der Waals surface area (Å²) < 4.78 is 38.4. The molecule has 0 aliphatic carbocycles. The van der Waals surface area contributed by atoms with Gasteiger partial charge in [-0.3, -0.25) is 4.98 Å². The van der Waals surface area contributed by atoms with E-state index >= 15 is 0 Å². The zero-order valence-corrected chi connectivity index (χ0v) is 13.8. The van der Waals surface area contributed by atoms with Crippen molar-refractivity contribution in [3.05, 3.63) is 59.9 Å². The lowest BCUT2D eigenvalue weighted by Crippen LogP contribution is -2.15. The van der Waals surface area contributed by atoms with Crippen molar-refractivity contribution in [1.29, 1.82) is 0 Å². The SMILES string of the molecule is Cc1cc(C(F)(F)F)nc(CCNc2nccc(-c3ccccn3)n2)n1. The third-order valence-electron chi connectivity index (χ3n) is 3.41. The Kier molecular flexibility index (Phi) is 5.06. The predicted molar refractivity (Wildman–Crippen MR) is 89.2 cm³/mol. The van der Waals surface area contributed by atoms with E-state index in [9.17, 15) is 13.2 Å². The lowest BCUT2D eigenvalue weighted by Gasteiger charge is -2.09. The predicted octanol–water partition coefficient (Wildman–Crippen LogP) is 3.31. The van der Waals surface area contributed by atoms with Crippen LogP contribution in [0.25, 0.3) is 11.4 Å². The van der Waals surface area contributed by atoms with Gasteiger partial charge in [-0.1, -0.05) is 6.07 Å². The molecule has 6 nitrogen and oxygen atoms in total. The lowest BCUT2D eigenvalue weighted by atomic mass is 10.2. The molecular weight excluding hydrogens is 345 g/mol. The Balaban J connectivity index is 1.67. The summed E-state index contributed by atoms with van der Waals surface area (Å²) in [4.78, 5) is 20.3. The number of rotatable bonds is 5. The highest BCUT2D eigenvalue weighted by Crippen LogP contribution is 2.27. The van der Waals surface area contributed by atoms with Gasteiger partial charge < -0.3 is 5.32 Å². The highest BCUT2D eigenvalue weighted by Gasteiger charge is 2.33. The molecule has 0 radical (unpaired) electrons. The summed E-state index contributed by atoms with van der Waals surface area (Å²) in [6, 6.07) is 8.14. The first-order valence-electron chi connectivity index (χ1n) is 7.82. The quantitative estimate of drug-likeness (QED) is 0.752. The van der Waals surface area contributed by atoms with E-state index in [1.165, 1.54) is 6.92 Å². The minimum atomic E-state index is -4.49. The highest BCUT2D eigenvalue weighted by molar-refractivity contribution is 5.54. The number of nitrogens with zero attached hydrogens (tertiary/aromatic N) is 5. The number of halogens is 3. The molecule has 0 saturated heterocycles. The number of hydrogen-bond acceptors (Lipinski definition) is 6. The number of anilines is 1. The zero-order valence-electron chi connectivity index (χ0n) is 13.8. The van der Waals surface area contributed by atoms with Gasteiger partial charge in [0.05, 0.1) is 11.4 Å². The maximum absolute atomic E-state index is 12.8. The Hall–Kier alpha value is -3.10. The summed E-state index contributed by atoms with van der Waals surface area (Å²) in [6.45, 7) is 1.81. The number of hydrogen-bond donors (Lipinski definition) is 1. The molecule has 3 aromatic heterocycles. The first kappa shape index (κ1) is 17.7. The van der Waals surface area contributed by atoms with Crippen LogP contribution < -0.4 is 5.32 Å². The molecule has 3 rings (SSSR count). The van der Waals surface area contributed by atoms with Gasteiger partial charge in [0, 0.05) is 31.1 Å². The van der Waals surface area contributed by atoms with Crippen LogP contribution in [-0.4, -0.2) is 31.5 Å². The fraction of sp³-hybridized carbons (Fsp3) is 0.235. The van der Waals surface area contributed by atoms with Gasteiger partial charge in [-0.25, -0.2) is 19.9 Å². The van der Waals surface area contributed by atoms with Crippen LogP contribution in [0.3, 0.4) is 0 Å². The third-order valence-corrected chi connectivity index (χ3v) is 3.41. The number of alkyl halides is 3. The zero-order chi connectivity index (χ0) is 18.6. The summed E-state index contributed by atoms with van der Waals surface area (Å²) >= 11 is 0. The van der Waals surface area contributed by atoms with Crippen LogP contribution in [0.15, 0.2) is 42.7 Å². The Labute approximate surface area is 147 Å². The van der Waals surface area contributed by atoms with Crippen LogP contribution in [0, 0.1) is 6.92 Å². The van der Waals surface area contributed by atoms with Crippen molar-refractivity contribution >= 4 is 5.95 Å². The summed E-state index contributed by atoms with van der Waals surface area (Å²) in [5.41, 5.74) is 0.688. The van der Waals surface area contributed by atoms with Crippen LogP contribution in [0.1, 0.15) is 17.2 Å². The molecule has 0 spiro atoms. The van der Waals surface area contributed by atoms with Gasteiger partial charge in [0.25, 0.3) is 0 Å². The molecule has 9 heteroatoms. The van der Waals surface area contributed by atoms with Crippen molar-refractivity contribution in [3.8, 4) is 11.4 Å². The molecule has 26 heavy (non-hydrogen) atoms. The van der Waals surface area contributed by atoms with Crippen LogP contribution in [0.4, 0.5) is 19.1 Å². The molecule has 0 bridgehead atoms. The topological polar surface area (TPSA) is 76.5 Å². The van der Waals surface area contributed by atoms with Gasteiger partial charge in [0.1, 0.15) is 11.5 Å². The van der Waals surface area contributed by atoms with Gasteiger partial charge in [-0.2, -0.15) is 13.2 Å². The molecule has 1 N–H and O–H groups in total. The standard InChI is InChI=1S/C17H15F3N6/c1-11-10-14(17(18,19)20)26-15(24-11)6-9-23-16-22-8-5-13(25-16)12-4-2-3-7-21-12/h2-5,7-8,10H,6,9H2,1H3,(H,22,23,25). The molecule has 0 saturated carbocycles. The van der Waals surface area contributed by atoms with E-state index in [2.05, 4.69) is 30.2 Å². The molecule has 3 heterocycles. The highest BCUT2D eigenvalue weighted by atomic mass is 19.4. The van der Waals surface area contributed by atoms with Crippen molar-refractivity contribution in [3.63, 3.8) is 0 Å². The summed E-state index contributed by atoms with van der Waals surface area (Å²) in [5, 5.41) is 2.97. The first-order chi connectivity index (χ1) is 12.4. The second-order valence-electron chi connectivity index (χ2n) is 5.47. The molecular formula is C17H15F3N6. The fourth-order valence-electron chi connectivity index (χ4n) is 2.27. The van der Waals surface area contributed by atoms with Gasteiger partial charge >= 0.3 is 6.18 Å². The van der Waals surface area contributed by atoms with Gasteiger partial charge in [-0.15, -0.1) is 0 Å². The molecule has 0 aliphatic rings. The molecule has 134 valence electrons. The van der Waals surface area contributed by atoms with Crippen LogP contribution in [-0.2, 0) is 12.6 Å². The number of aryl methyl sites for hydroxylation is 1. The maximum atomic E-state index is 12.8. The van der Waals surface area contributed by atoms with Crippen molar-refractivity contribution in [2.75, 3.05) is 11.9 Å². The third kappa shape index (κ3) is 4.50. The first-order valence-corrected chi connectivity index (χ1v) is 7.82. The molecule has 0 atom stereocenters. The van der Waals surface area contributed by atoms with Crippen LogP contribution in [0.2, 0.25) is 0 Å². The second kappa shape index (κ2) is 7.42. The van der Waals surface area contributed by atoms with E-state index in [1.807, 2.05) is 12.1 Å². The smallest absolute Gasteiger partial charge is 0.354 e. The molecule has 0 amide bonds. The van der Waals surface area contributed by atoms with E-state index < -0.39 is 11.9 Å². The van der Waals surface area contributed by atoms with Crippen LogP contribution >= 0.6 is 0 Å². The minimum Gasteiger partial charge on any atom is -0.354 e. The Morgan fingerprint density at radius 3 is 2.54 bits per heavy atom. The Morgan fingerprint density at radius 1 is 0.962 bits per heavy atom. The molecule has 0 fully saturated rings. The number of pyridine rings is 1. The molecule has 0 aromatic carbocycles. The van der Waals surface area contributed by atoms with E-state index in [0.717, 1.165) is 6.07 Å². The molecule has 3 aromatic rings. The normalized spacial score (nSPS) is 11.4. The van der Waals surface area contributed by atoms with Crippen molar-refractivity contribution in [2.45, 2.75) is 19.5 Å². The van der Waals surface area contributed by atoms with E-state index in [4.69, 9.17) is 0 Å². The van der Waals surface area contributed by atoms with E-state index in [1.54, 1.807) is 24.5 Å². The monoisotopic (exact) mass is 360 g/mol. The molecule has 0 unspecified atom stereocenters. The summed E-state index contributed by atoms with van der Waals surface area (Å²) in [7, 11) is 0. The van der Waals surface area contributed by atoms with Crippen molar-refractivity contribution in [2.24, 2.45) is 0 Å². The van der Waals surface area contributed by atoms with Crippen LogP contribution in [0.5, 0.6) is 0 Å². The van der Waals surface area contributed by atoms with E-state index in [-0.39, 0.29) is 17.9 Å². The minimum absolute atomic E-state index is 0.116. The summed E-state index contributed by atoms with van der Waals surface area (Å²) in [6.07, 6.45) is -1.03. The lowest BCUT2D eigenvalue weighted by molar-refractivity contribution is -0.141. The van der Waals surface area contributed by atoms with Gasteiger partial charge in [-0.05, 0) is 31.2 Å². The van der Waals surface area contributed by atoms with Crippen molar-refractivity contribution in [1.82, 2.24) is 24.9 Å². The van der Waals surface area contributed by atoms with E-state index in [0.29, 0.717) is 23.9 Å². The summed E-state index contributed by atoms with van der Waals surface area (Å²) in [5.74, 6) is 0.475. The Morgan fingerprint density at radius 2 is 1.81 bits per heavy atom. The van der Waals surface area contributed by atoms with Crippen molar-refractivity contribution < 1.29 is 13.2 Å². The molecule has 0 aliphatic heterocycles. The maximum Gasteiger partial charge on any atom is 0.433 e. The number of aromatic nitrogens is 5. The van der Waals surface area contributed by atoms with Gasteiger partial charge in [0.2, 0.25) is 5.95 Å². The van der Waals surface area contributed by atoms with Gasteiger partial charge in [0.15, 0.2) is 0 Å². The fourth-order valence-corrected chi connectivity index (χ4v) is 2.27. The Bertz CT molecular complexity index is 883. The second-order valence-corrected chi connectivity index (χ2v) is 5.47. The average molecular weight is 360 g/mol. The number of nitrogens with one attached hydrogen (secondary N) is 1. The average Bonchev–Trinajstić information content (AvgIpc) is 2.62.